The fraction of sp³-hybridized carbons (Fsp3) is 0.250. The van der Waals surface area contributed by atoms with Gasteiger partial charge in [-0.3, -0.25) is 0 Å². The summed E-state index contributed by atoms with van der Waals surface area (Å²) in [6.07, 6.45) is 0. The average molecular weight is 346 g/mol. The lowest BCUT2D eigenvalue weighted by atomic mass is 10.2. The van der Waals surface area contributed by atoms with Crippen LogP contribution in [-0.2, 0) is 14.8 Å². The van der Waals surface area contributed by atoms with Gasteiger partial charge in [0.1, 0.15) is 0 Å². The summed E-state index contributed by atoms with van der Waals surface area (Å²) in [5.74, 6) is 0.320. The summed E-state index contributed by atoms with van der Waals surface area (Å²) in [6.45, 7) is 3.55. The predicted octanol–water partition coefficient (Wildman–Crippen LogP) is 3.00. The molecule has 112 valence electrons. The van der Waals surface area contributed by atoms with Crippen molar-refractivity contribution in [2.24, 2.45) is 4.40 Å². The van der Waals surface area contributed by atoms with Crippen molar-refractivity contribution in [2.75, 3.05) is 6.61 Å². The first kappa shape index (κ1) is 15.9. The fourth-order valence-electron chi connectivity index (χ4n) is 1.51. The molecule has 1 aromatic carbocycles. The molecule has 2 aromatic rings. The van der Waals surface area contributed by atoms with Gasteiger partial charge in [0.2, 0.25) is 0 Å². The average Bonchev–Trinajstić information content (AvgIpc) is 2.89. The molecule has 0 N–H and O–H groups in total. The van der Waals surface area contributed by atoms with Crippen LogP contribution < -0.4 is 0 Å². The number of aromatic nitrogens is 2. The normalized spacial score (nSPS) is 12.4. The van der Waals surface area contributed by atoms with Crippen molar-refractivity contribution in [3.63, 3.8) is 0 Å². The Kier molecular flexibility index (Phi) is 4.92. The number of sulfonamides is 1. The van der Waals surface area contributed by atoms with Crippen molar-refractivity contribution in [1.29, 1.82) is 0 Å². The molecule has 0 aliphatic rings. The molecule has 9 heteroatoms. The third kappa shape index (κ3) is 3.78. The van der Waals surface area contributed by atoms with Crippen LogP contribution in [0.5, 0.6) is 0 Å². The van der Waals surface area contributed by atoms with E-state index in [-0.39, 0.29) is 16.1 Å². The molecule has 0 amide bonds. The first-order valence-electron chi connectivity index (χ1n) is 5.97. The predicted molar refractivity (Wildman–Crippen MR) is 82.3 cm³/mol. The van der Waals surface area contributed by atoms with E-state index in [1.807, 2.05) is 0 Å². The number of nitrogens with zero attached hydrogens (tertiary/aromatic N) is 3. The maximum absolute atomic E-state index is 12.1. The minimum absolute atomic E-state index is 0.0620. The highest BCUT2D eigenvalue weighted by atomic mass is 35.5. The minimum atomic E-state index is -3.92. The third-order valence-electron chi connectivity index (χ3n) is 2.34. The quantitative estimate of drug-likeness (QED) is 0.628. The summed E-state index contributed by atoms with van der Waals surface area (Å²) >= 11 is 6.79. The maximum atomic E-state index is 12.1. The Morgan fingerprint density at radius 1 is 1.43 bits per heavy atom. The van der Waals surface area contributed by atoms with Crippen LogP contribution in [0.3, 0.4) is 0 Å². The Morgan fingerprint density at radius 2 is 2.14 bits per heavy atom. The van der Waals surface area contributed by atoms with Gasteiger partial charge in [0.15, 0.2) is 11.7 Å². The molecule has 0 fully saturated rings. The Labute approximate surface area is 131 Å². The van der Waals surface area contributed by atoms with E-state index < -0.39 is 10.0 Å². The van der Waals surface area contributed by atoms with Gasteiger partial charge >= 0.3 is 10.0 Å². The second-order valence-corrected chi connectivity index (χ2v) is 6.82. The van der Waals surface area contributed by atoms with E-state index in [0.29, 0.717) is 17.2 Å². The number of rotatable bonds is 4. The zero-order valence-corrected chi connectivity index (χ0v) is 13.7. The zero-order chi connectivity index (χ0) is 15.5. The van der Waals surface area contributed by atoms with Gasteiger partial charge in [-0.25, -0.2) is 4.98 Å². The smallest absolute Gasteiger partial charge is 0.314 e. The zero-order valence-electron chi connectivity index (χ0n) is 11.3. The van der Waals surface area contributed by atoms with Gasteiger partial charge in [-0.15, -0.1) is 4.40 Å². The monoisotopic (exact) mass is 345 g/mol. The molecule has 0 radical (unpaired) electrons. The number of hydrogen-bond donors (Lipinski definition) is 0. The highest BCUT2D eigenvalue weighted by Gasteiger charge is 2.21. The molecule has 0 saturated heterocycles. The summed E-state index contributed by atoms with van der Waals surface area (Å²) in [5, 5.41) is 0.452. The number of ether oxygens (including phenoxy) is 1. The molecule has 6 nitrogen and oxygen atoms in total. The molecule has 1 heterocycles. The van der Waals surface area contributed by atoms with Crippen LogP contribution in [0.1, 0.15) is 13.8 Å². The molecule has 1 aromatic heterocycles. The molecule has 21 heavy (non-hydrogen) atoms. The van der Waals surface area contributed by atoms with Crippen LogP contribution in [0.25, 0.3) is 11.4 Å². The van der Waals surface area contributed by atoms with Crippen molar-refractivity contribution < 1.29 is 13.2 Å². The van der Waals surface area contributed by atoms with Crippen molar-refractivity contribution in [3.8, 4) is 11.4 Å². The molecule has 0 aliphatic heterocycles. The van der Waals surface area contributed by atoms with Crippen molar-refractivity contribution in [1.82, 2.24) is 9.36 Å². The SMILES string of the molecule is CCO/C(C)=N\S(=O)(=O)c1nc(-c2ccccc2Cl)ns1. The number of hydrogen-bond acceptors (Lipinski definition) is 6. The molecule has 0 bridgehead atoms. The van der Waals surface area contributed by atoms with Gasteiger partial charge in [-0.2, -0.15) is 12.8 Å². The maximum Gasteiger partial charge on any atom is 0.314 e. The number of benzene rings is 1. The van der Waals surface area contributed by atoms with E-state index in [1.54, 1.807) is 31.2 Å². The van der Waals surface area contributed by atoms with Crippen LogP contribution in [0.2, 0.25) is 5.02 Å². The molecule has 0 aliphatic carbocycles. The summed E-state index contributed by atoms with van der Waals surface area (Å²) < 4.78 is 36.5. The van der Waals surface area contributed by atoms with Gasteiger partial charge in [-0.05, 0) is 19.1 Å². The van der Waals surface area contributed by atoms with E-state index in [0.717, 1.165) is 11.5 Å². The van der Waals surface area contributed by atoms with Crippen molar-refractivity contribution >= 4 is 39.1 Å². The second-order valence-electron chi connectivity index (χ2n) is 3.88. The molecule has 0 atom stereocenters. The van der Waals surface area contributed by atoms with Crippen LogP contribution >= 0.6 is 23.1 Å². The number of halogens is 1. The van der Waals surface area contributed by atoms with E-state index in [9.17, 15) is 8.42 Å². The molecular formula is C12H12ClN3O3S2. The molecule has 0 saturated carbocycles. The third-order valence-corrected chi connectivity index (χ3v) is 5.07. The first-order chi connectivity index (χ1) is 9.94. The Hall–Kier alpha value is -1.51. The highest BCUT2D eigenvalue weighted by molar-refractivity contribution is 7.92. The molecule has 2 rings (SSSR count). The van der Waals surface area contributed by atoms with Gasteiger partial charge in [-0.1, -0.05) is 23.7 Å². The highest BCUT2D eigenvalue weighted by Crippen LogP contribution is 2.27. The Morgan fingerprint density at radius 3 is 2.81 bits per heavy atom. The lowest BCUT2D eigenvalue weighted by Gasteiger charge is -2.00. The summed E-state index contributed by atoms with van der Waals surface area (Å²) in [4.78, 5) is 4.00. The van der Waals surface area contributed by atoms with Gasteiger partial charge in [0, 0.05) is 24.0 Å². The molecular weight excluding hydrogens is 334 g/mol. The summed E-state index contributed by atoms with van der Waals surface area (Å²) in [7, 11) is -3.92. The standard InChI is InChI=1S/C12H12ClN3O3S2/c1-3-19-8(2)16-21(17,18)12-14-11(15-20-12)9-6-4-5-7-10(9)13/h4-7H,3H2,1-2H3/b16-8-. The van der Waals surface area contributed by atoms with Crippen LogP contribution in [0.4, 0.5) is 0 Å². The van der Waals surface area contributed by atoms with E-state index in [1.165, 1.54) is 6.92 Å². The summed E-state index contributed by atoms with van der Waals surface area (Å²) in [5.41, 5.74) is 0.572. The van der Waals surface area contributed by atoms with Gasteiger partial charge in [0.05, 0.1) is 11.6 Å². The van der Waals surface area contributed by atoms with Crippen LogP contribution in [-0.4, -0.2) is 30.3 Å². The van der Waals surface area contributed by atoms with Crippen molar-refractivity contribution in [3.05, 3.63) is 29.3 Å². The topological polar surface area (TPSA) is 81.5 Å². The second kappa shape index (κ2) is 6.50. The Bertz CT molecular complexity index is 772. The van der Waals surface area contributed by atoms with Crippen molar-refractivity contribution in [2.45, 2.75) is 18.2 Å². The minimum Gasteiger partial charge on any atom is -0.481 e. The Balaban J connectivity index is 2.36. The van der Waals surface area contributed by atoms with E-state index in [2.05, 4.69) is 13.8 Å². The van der Waals surface area contributed by atoms with E-state index >= 15 is 0 Å². The fourth-order valence-corrected chi connectivity index (χ4v) is 3.43. The molecule has 0 unspecified atom stereocenters. The van der Waals surface area contributed by atoms with Crippen LogP contribution in [0, 0.1) is 0 Å². The molecule has 0 spiro atoms. The van der Waals surface area contributed by atoms with E-state index in [4.69, 9.17) is 16.3 Å². The largest absolute Gasteiger partial charge is 0.481 e. The van der Waals surface area contributed by atoms with Gasteiger partial charge in [0.25, 0.3) is 4.34 Å². The summed E-state index contributed by atoms with van der Waals surface area (Å²) in [6, 6.07) is 6.94. The lowest BCUT2D eigenvalue weighted by molar-refractivity contribution is 0.325. The van der Waals surface area contributed by atoms with Gasteiger partial charge < -0.3 is 4.74 Å². The van der Waals surface area contributed by atoms with Crippen LogP contribution in [0.15, 0.2) is 33.0 Å². The first-order valence-corrected chi connectivity index (χ1v) is 8.56. The lowest BCUT2D eigenvalue weighted by Crippen LogP contribution is -2.05.